The summed E-state index contributed by atoms with van der Waals surface area (Å²) in [6, 6.07) is -0.780. The first-order valence-electron chi connectivity index (χ1n) is 7.25. The molecule has 0 heterocycles. The van der Waals surface area contributed by atoms with Crippen molar-refractivity contribution in [3.05, 3.63) is 0 Å². The molecule has 0 aromatic carbocycles. The lowest BCUT2D eigenvalue weighted by atomic mass is 10.0. The van der Waals surface area contributed by atoms with E-state index in [4.69, 9.17) is 19.9 Å². The van der Waals surface area contributed by atoms with Gasteiger partial charge in [0.15, 0.2) is 5.79 Å². The molecule has 0 fully saturated rings. The van der Waals surface area contributed by atoms with Crippen LogP contribution < -0.4 is 5.73 Å². The van der Waals surface area contributed by atoms with Crippen LogP contribution in [0.25, 0.3) is 0 Å². The molecule has 0 saturated carbocycles. The first kappa shape index (κ1) is 20.3. The van der Waals surface area contributed by atoms with E-state index in [1.807, 2.05) is 27.7 Å². The van der Waals surface area contributed by atoms with E-state index in [9.17, 15) is 4.79 Å². The summed E-state index contributed by atoms with van der Waals surface area (Å²) in [5.74, 6) is -1.05. The summed E-state index contributed by atoms with van der Waals surface area (Å²) in [6.07, 6.45) is 1.19. The van der Waals surface area contributed by atoms with Gasteiger partial charge < -0.3 is 24.7 Å². The average Bonchev–Trinajstić information content (AvgIpc) is 2.41. The third-order valence-electron chi connectivity index (χ3n) is 3.35. The second-order valence-corrected chi connectivity index (χ2v) is 6.19. The maximum absolute atomic E-state index is 11.4. The van der Waals surface area contributed by atoms with Crippen LogP contribution in [0.15, 0.2) is 0 Å². The highest BCUT2D eigenvalue weighted by atomic mass is 16.7. The van der Waals surface area contributed by atoms with Crippen molar-refractivity contribution >= 4 is 5.97 Å². The van der Waals surface area contributed by atoms with E-state index >= 15 is 0 Å². The molecule has 6 nitrogen and oxygen atoms in total. The van der Waals surface area contributed by atoms with Gasteiger partial charge in [-0.25, -0.2) is 0 Å². The Labute approximate surface area is 128 Å². The van der Waals surface area contributed by atoms with Crippen LogP contribution in [0.3, 0.4) is 0 Å². The van der Waals surface area contributed by atoms with Crippen LogP contribution in [0.4, 0.5) is 0 Å². The second-order valence-electron chi connectivity index (χ2n) is 6.19. The van der Waals surface area contributed by atoms with Crippen LogP contribution in [0.5, 0.6) is 0 Å². The number of esters is 1. The summed E-state index contributed by atoms with van der Waals surface area (Å²) in [5, 5.41) is 0. The molecule has 126 valence electrons. The van der Waals surface area contributed by atoms with Crippen LogP contribution in [-0.4, -0.2) is 50.3 Å². The summed E-state index contributed by atoms with van der Waals surface area (Å²) in [5.41, 5.74) is 5.37. The molecule has 2 atom stereocenters. The predicted octanol–water partition coefficient (Wildman–Crippen LogP) is 1.85. The highest BCUT2D eigenvalue weighted by Gasteiger charge is 2.29. The van der Waals surface area contributed by atoms with Gasteiger partial charge in [-0.05, 0) is 47.5 Å². The molecule has 0 rings (SSSR count). The van der Waals surface area contributed by atoms with Gasteiger partial charge in [0, 0.05) is 7.11 Å². The normalized spacial score (nSPS) is 15.6. The first-order chi connectivity index (χ1) is 9.54. The Balaban J connectivity index is 4.16. The zero-order valence-electron chi connectivity index (χ0n) is 14.4. The third kappa shape index (κ3) is 8.36. The molecular formula is C15H31NO5. The smallest absolute Gasteiger partial charge is 0.325 e. The second kappa shape index (κ2) is 8.68. The fourth-order valence-corrected chi connectivity index (χ4v) is 1.84. The summed E-state index contributed by atoms with van der Waals surface area (Å²) < 4.78 is 21.3. The first-order valence-corrected chi connectivity index (χ1v) is 7.25. The quantitative estimate of drug-likeness (QED) is 0.377. The van der Waals surface area contributed by atoms with E-state index in [-0.39, 0.29) is 0 Å². The summed E-state index contributed by atoms with van der Waals surface area (Å²) in [7, 11) is 2.93. The molecular weight excluding hydrogens is 274 g/mol. The maximum Gasteiger partial charge on any atom is 0.325 e. The van der Waals surface area contributed by atoms with Crippen molar-refractivity contribution in [2.75, 3.05) is 20.8 Å². The number of methoxy groups -OCH3 is 2. The van der Waals surface area contributed by atoms with Gasteiger partial charge >= 0.3 is 5.97 Å². The van der Waals surface area contributed by atoms with E-state index in [2.05, 4.69) is 4.74 Å². The molecule has 2 N–H and O–H groups in total. The molecule has 21 heavy (non-hydrogen) atoms. The Bertz CT molecular complexity index is 317. The standard InChI is InChI=1S/C15H31NO5/c1-11(12(16)13(17)18-6)21-14(2,3)9-8-10-20-15(4,5)19-7/h11-12H,8-10,16H2,1-7H3/t11-,12-/m0/s1. The largest absolute Gasteiger partial charge is 0.468 e. The Morgan fingerprint density at radius 3 is 2.24 bits per heavy atom. The van der Waals surface area contributed by atoms with Crippen LogP contribution in [0, 0.1) is 0 Å². The summed E-state index contributed by atoms with van der Waals surface area (Å²) >= 11 is 0. The van der Waals surface area contributed by atoms with E-state index in [1.165, 1.54) is 7.11 Å². The number of rotatable bonds is 10. The topological polar surface area (TPSA) is 80.0 Å². The van der Waals surface area contributed by atoms with Gasteiger partial charge in [0.05, 0.1) is 25.4 Å². The number of ether oxygens (including phenoxy) is 4. The molecule has 0 radical (unpaired) electrons. The monoisotopic (exact) mass is 305 g/mol. The van der Waals surface area contributed by atoms with Crippen molar-refractivity contribution in [2.45, 2.75) is 71.0 Å². The van der Waals surface area contributed by atoms with Crippen molar-refractivity contribution in [3.63, 3.8) is 0 Å². The van der Waals surface area contributed by atoms with Crippen molar-refractivity contribution in [1.29, 1.82) is 0 Å². The molecule has 0 aliphatic heterocycles. The van der Waals surface area contributed by atoms with Crippen LogP contribution in [0.2, 0.25) is 0 Å². The maximum atomic E-state index is 11.4. The molecule has 0 aromatic heterocycles. The van der Waals surface area contributed by atoms with Crippen molar-refractivity contribution in [1.82, 2.24) is 0 Å². The molecule has 0 aromatic rings. The van der Waals surface area contributed by atoms with E-state index in [0.29, 0.717) is 6.61 Å². The third-order valence-corrected chi connectivity index (χ3v) is 3.35. The Morgan fingerprint density at radius 2 is 1.76 bits per heavy atom. The van der Waals surface area contributed by atoms with Crippen LogP contribution in [-0.2, 0) is 23.7 Å². The summed E-state index contributed by atoms with van der Waals surface area (Å²) in [6.45, 7) is 10.0. The van der Waals surface area contributed by atoms with Gasteiger partial charge in [0.25, 0.3) is 0 Å². The van der Waals surface area contributed by atoms with Crippen molar-refractivity contribution < 1.29 is 23.7 Å². The molecule has 0 unspecified atom stereocenters. The number of carbonyl (C=O) groups is 1. The molecule has 0 aliphatic rings. The zero-order chi connectivity index (χ0) is 16.7. The van der Waals surface area contributed by atoms with Gasteiger partial charge in [0.1, 0.15) is 6.04 Å². The van der Waals surface area contributed by atoms with Crippen LogP contribution >= 0.6 is 0 Å². The molecule has 0 spiro atoms. The van der Waals surface area contributed by atoms with Crippen LogP contribution in [0.1, 0.15) is 47.5 Å². The Kier molecular flexibility index (Phi) is 8.39. The minimum Gasteiger partial charge on any atom is -0.468 e. The van der Waals surface area contributed by atoms with Gasteiger partial charge in [-0.2, -0.15) is 0 Å². The van der Waals surface area contributed by atoms with E-state index in [0.717, 1.165) is 12.8 Å². The fourth-order valence-electron chi connectivity index (χ4n) is 1.84. The molecule has 0 saturated heterocycles. The van der Waals surface area contributed by atoms with Gasteiger partial charge in [-0.15, -0.1) is 0 Å². The van der Waals surface area contributed by atoms with Crippen molar-refractivity contribution in [3.8, 4) is 0 Å². The highest BCUT2D eigenvalue weighted by molar-refractivity contribution is 5.76. The van der Waals surface area contributed by atoms with Gasteiger partial charge in [0.2, 0.25) is 0 Å². The number of carbonyl (C=O) groups excluding carboxylic acids is 1. The number of hydrogen-bond acceptors (Lipinski definition) is 6. The Morgan fingerprint density at radius 1 is 1.19 bits per heavy atom. The lowest BCUT2D eigenvalue weighted by Crippen LogP contribution is -2.46. The van der Waals surface area contributed by atoms with Gasteiger partial charge in [-0.3, -0.25) is 4.79 Å². The molecule has 6 heteroatoms. The minimum absolute atomic E-state index is 0.397. The number of nitrogens with two attached hydrogens (primary N) is 1. The Hall–Kier alpha value is -0.690. The zero-order valence-corrected chi connectivity index (χ0v) is 14.4. The average molecular weight is 305 g/mol. The van der Waals surface area contributed by atoms with Gasteiger partial charge in [-0.1, -0.05) is 0 Å². The lowest BCUT2D eigenvalue weighted by molar-refractivity contribution is -0.199. The molecule has 0 aliphatic carbocycles. The highest BCUT2D eigenvalue weighted by Crippen LogP contribution is 2.21. The number of hydrogen-bond donors (Lipinski definition) is 1. The molecule has 0 bridgehead atoms. The van der Waals surface area contributed by atoms with Crippen molar-refractivity contribution in [2.24, 2.45) is 5.73 Å². The van der Waals surface area contributed by atoms with E-state index in [1.54, 1.807) is 14.0 Å². The SMILES string of the molecule is COC(=O)[C@@H](N)[C@H](C)OC(C)(C)CCCOC(C)(C)OC. The molecule has 0 amide bonds. The fraction of sp³-hybridized carbons (Fsp3) is 0.933. The predicted molar refractivity (Wildman–Crippen MR) is 80.9 cm³/mol. The minimum atomic E-state index is -0.780. The summed E-state index contributed by atoms with van der Waals surface area (Å²) in [4.78, 5) is 11.4. The van der Waals surface area contributed by atoms with E-state index < -0.39 is 29.5 Å². The lowest BCUT2D eigenvalue weighted by Gasteiger charge is -2.31.